The van der Waals surface area contributed by atoms with Gasteiger partial charge in [0.1, 0.15) is 5.75 Å². The predicted octanol–water partition coefficient (Wildman–Crippen LogP) is 4.97. The molecule has 20 heavy (non-hydrogen) atoms. The van der Waals surface area contributed by atoms with Gasteiger partial charge in [-0.3, -0.25) is 4.79 Å². The van der Waals surface area contributed by atoms with Gasteiger partial charge in [0.25, 0.3) is 5.91 Å². The Balaban J connectivity index is 2.25. The topological polar surface area (TPSA) is 38.3 Å². The van der Waals surface area contributed by atoms with Crippen LogP contribution in [0.25, 0.3) is 0 Å². The molecule has 0 aliphatic rings. The van der Waals surface area contributed by atoms with E-state index >= 15 is 0 Å². The van der Waals surface area contributed by atoms with Crippen molar-refractivity contribution >= 4 is 61.7 Å². The van der Waals surface area contributed by atoms with Gasteiger partial charge in [0.15, 0.2) is 0 Å². The summed E-state index contributed by atoms with van der Waals surface area (Å²) in [6, 6.07) is 10.7. The lowest BCUT2D eigenvalue weighted by atomic mass is 10.2. The summed E-state index contributed by atoms with van der Waals surface area (Å²) >= 11 is 11.5. The number of hydrogen-bond acceptors (Lipinski definition) is 2. The quantitative estimate of drug-likeness (QED) is 0.649. The zero-order valence-electron chi connectivity index (χ0n) is 10.4. The van der Waals surface area contributed by atoms with Gasteiger partial charge >= 0.3 is 0 Å². The SMILES string of the molecule is COc1cc(NC(=O)c2cc(I)ccc2Br)ccc1Cl. The van der Waals surface area contributed by atoms with Crippen LogP contribution in [0, 0.1) is 3.57 Å². The summed E-state index contributed by atoms with van der Waals surface area (Å²) in [6.07, 6.45) is 0. The van der Waals surface area contributed by atoms with E-state index in [1.165, 1.54) is 7.11 Å². The van der Waals surface area contributed by atoms with Crippen LogP contribution < -0.4 is 10.1 Å². The molecule has 0 atom stereocenters. The first-order valence-electron chi connectivity index (χ1n) is 5.61. The molecule has 2 aromatic carbocycles. The summed E-state index contributed by atoms with van der Waals surface area (Å²) in [5, 5.41) is 3.32. The van der Waals surface area contributed by atoms with E-state index < -0.39 is 0 Å². The molecule has 0 fully saturated rings. The van der Waals surface area contributed by atoms with Crippen LogP contribution in [0.2, 0.25) is 5.02 Å². The molecule has 2 rings (SSSR count). The van der Waals surface area contributed by atoms with Crippen molar-refractivity contribution in [3.05, 3.63) is 55.0 Å². The first-order valence-corrected chi connectivity index (χ1v) is 7.86. The minimum absolute atomic E-state index is 0.195. The van der Waals surface area contributed by atoms with Crippen LogP contribution in [0.4, 0.5) is 5.69 Å². The summed E-state index contributed by atoms with van der Waals surface area (Å²) in [5.74, 6) is 0.325. The molecule has 0 saturated carbocycles. The molecule has 0 bridgehead atoms. The Morgan fingerprint density at radius 1 is 1.30 bits per heavy atom. The zero-order valence-corrected chi connectivity index (χ0v) is 14.9. The monoisotopic (exact) mass is 465 g/mol. The molecule has 1 amide bonds. The third kappa shape index (κ3) is 3.65. The van der Waals surface area contributed by atoms with E-state index in [-0.39, 0.29) is 5.91 Å². The van der Waals surface area contributed by atoms with Crippen molar-refractivity contribution in [2.45, 2.75) is 0 Å². The Hall–Kier alpha value is -0.790. The van der Waals surface area contributed by atoms with E-state index in [4.69, 9.17) is 16.3 Å². The standard InChI is InChI=1S/C14H10BrClINO2/c1-20-13-7-9(3-5-12(13)16)18-14(19)10-6-8(17)2-4-11(10)15/h2-7H,1H3,(H,18,19). The number of ether oxygens (including phenoxy) is 1. The second-order valence-corrected chi connectivity index (χ2v) is 6.43. The highest BCUT2D eigenvalue weighted by Gasteiger charge is 2.12. The average molecular weight is 466 g/mol. The van der Waals surface area contributed by atoms with Crippen molar-refractivity contribution in [1.29, 1.82) is 0 Å². The molecular formula is C14H10BrClINO2. The second kappa shape index (κ2) is 6.78. The highest BCUT2D eigenvalue weighted by molar-refractivity contribution is 14.1. The number of nitrogens with one attached hydrogen (secondary N) is 1. The highest BCUT2D eigenvalue weighted by atomic mass is 127. The van der Waals surface area contributed by atoms with Gasteiger partial charge in [-0.2, -0.15) is 0 Å². The van der Waals surface area contributed by atoms with Crippen LogP contribution in [0.1, 0.15) is 10.4 Å². The van der Waals surface area contributed by atoms with Gasteiger partial charge in [0.2, 0.25) is 0 Å². The molecule has 0 aliphatic heterocycles. The molecule has 0 unspecified atom stereocenters. The fourth-order valence-corrected chi connectivity index (χ4v) is 2.72. The summed E-state index contributed by atoms with van der Waals surface area (Å²) in [7, 11) is 1.53. The van der Waals surface area contributed by atoms with Crippen LogP contribution in [0.5, 0.6) is 5.75 Å². The maximum absolute atomic E-state index is 12.3. The molecule has 3 nitrogen and oxygen atoms in total. The van der Waals surface area contributed by atoms with Crippen molar-refractivity contribution in [3.63, 3.8) is 0 Å². The molecule has 0 spiro atoms. The fraction of sp³-hybridized carbons (Fsp3) is 0.0714. The van der Waals surface area contributed by atoms with E-state index in [2.05, 4.69) is 43.8 Å². The van der Waals surface area contributed by atoms with Crippen LogP contribution in [0.3, 0.4) is 0 Å². The molecule has 104 valence electrons. The summed E-state index contributed by atoms with van der Waals surface area (Å²) < 4.78 is 6.86. The number of rotatable bonds is 3. The van der Waals surface area contributed by atoms with Gasteiger partial charge < -0.3 is 10.1 Å². The Kier molecular flexibility index (Phi) is 5.29. The highest BCUT2D eigenvalue weighted by Crippen LogP contribution is 2.28. The number of carbonyl (C=O) groups excluding carboxylic acids is 1. The first-order chi connectivity index (χ1) is 9.51. The van der Waals surface area contributed by atoms with Gasteiger partial charge in [-0.15, -0.1) is 0 Å². The number of methoxy groups -OCH3 is 1. The Morgan fingerprint density at radius 3 is 2.75 bits per heavy atom. The third-order valence-electron chi connectivity index (χ3n) is 2.58. The van der Waals surface area contributed by atoms with Crippen molar-refractivity contribution < 1.29 is 9.53 Å². The average Bonchev–Trinajstić information content (AvgIpc) is 2.43. The Labute approximate surface area is 143 Å². The maximum atomic E-state index is 12.3. The van der Waals surface area contributed by atoms with E-state index in [0.29, 0.717) is 22.0 Å². The predicted molar refractivity (Wildman–Crippen MR) is 92.8 cm³/mol. The largest absolute Gasteiger partial charge is 0.495 e. The van der Waals surface area contributed by atoms with E-state index in [0.717, 1.165) is 8.04 Å². The van der Waals surface area contributed by atoms with E-state index in [1.54, 1.807) is 18.2 Å². The number of hydrogen-bond donors (Lipinski definition) is 1. The Morgan fingerprint density at radius 2 is 2.05 bits per heavy atom. The molecule has 0 radical (unpaired) electrons. The van der Waals surface area contributed by atoms with Crippen LogP contribution in [-0.4, -0.2) is 13.0 Å². The lowest BCUT2D eigenvalue weighted by Gasteiger charge is -2.09. The van der Waals surface area contributed by atoms with E-state index in [9.17, 15) is 4.79 Å². The molecule has 1 N–H and O–H groups in total. The van der Waals surface area contributed by atoms with Gasteiger partial charge in [-0.05, 0) is 68.9 Å². The minimum Gasteiger partial charge on any atom is -0.495 e. The fourth-order valence-electron chi connectivity index (χ4n) is 1.61. The third-order valence-corrected chi connectivity index (χ3v) is 4.26. The van der Waals surface area contributed by atoms with Crippen molar-refractivity contribution in [3.8, 4) is 5.75 Å². The number of amides is 1. The summed E-state index contributed by atoms with van der Waals surface area (Å²) in [5.41, 5.74) is 1.20. The Bertz CT molecular complexity index is 664. The summed E-state index contributed by atoms with van der Waals surface area (Å²) in [4.78, 5) is 12.3. The van der Waals surface area contributed by atoms with Gasteiger partial charge in [0, 0.05) is 19.8 Å². The number of carbonyl (C=O) groups is 1. The molecular weight excluding hydrogens is 456 g/mol. The summed E-state index contributed by atoms with van der Waals surface area (Å²) in [6.45, 7) is 0. The second-order valence-electron chi connectivity index (χ2n) is 3.93. The van der Waals surface area contributed by atoms with Gasteiger partial charge in [-0.1, -0.05) is 11.6 Å². The maximum Gasteiger partial charge on any atom is 0.256 e. The molecule has 0 saturated heterocycles. The molecule has 0 aliphatic carbocycles. The number of halogens is 3. The lowest BCUT2D eigenvalue weighted by molar-refractivity contribution is 0.102. The van der Waals surface area contributed by atoms with E-state index in [1.807, 2.05) is 18.2 Å². The van der Waals surface area contributed by atoms with Crippen LogP contribution >= 0.6 is 50.1 Å². The molecule has 6 heteroatoms. The normalized spacial score (nSPS) is 10.2. The minimum atomic E-state index is -0.195. The zero-order chi connectivity index (χ0) is 14.7. The van der Waals surface area contributed by atoms with Crippen LogP contribution in [0.15, 0.2) is 40.9 Å². The first kappa shape index (κ1) is 15.6. The lowest BCUT2D eigenvalue weighted by Crippen LogP contribution is -2.12. The van der Waals surface area contributed by atoms with Gasteiger partial charge in [0.05, 0.1) is 17.7 Å². The van der Waals surface area contributed by atoms with Crippen molar-refractivity contribution in [2.24, 2.45) is 0 Å². The molecule has 2 aromatic rings. The van der Waals surface area contributed by atoms with Gasteiger partial charge in [-0.25, -0.2) is 0 Å². The van der Waals surface area contributed by atoms with Crippen molar-refractivity contribution in [2.75, 3.05) is 12.4 Å². The van der Waals surface area contributed by atoms with Crippen molar-refractivity contribution in [1.82, 2.24) is 0 Å². The molecule has 0 aromatic heterocycles. The molecule has 0 heterocycles. The smallest absolute Gasteiger partial charge is 0.256 e. The number of anilines is 1. The van der Waals surface area contributed by atoms with Crippen LogP contribution in [-0.2, 0) is 0 Å². The number of benzene rings is 2.